The lowest BCUT2D eigenvalue weighted by molar-refractivity contribution is 0.0953. The second-order valence-corrected chi connectivity index (χ2v) is 6.88. The Labute approximate surface area is 177 Å². The lowest BCUT2D eigenvalue weighted by Crippen LogP contribution is -2.23. The van der Waals surface area contributed by atoms with Crippen LogP contribution in [0.1, 0.15) is 21.7 Å². The Morgan fingerprint density at radius 1 is 1.03 bits per heavy atom. The molecule has 1 amide bonds. The van der Waals surface area contributed by atoms with Crippen LogP contribution in [-0.2, 0) is 6.54 Å². The summed E-state index contributed by atoms with van der Waals surface area (Å²) in [6.45, 7) is 0.364. The van der Waals surface area contributed by atoms with Crippen molar-refractivity contribution < 1.29 is 9.21 Å². The van der Waals surface area contributed by atoms with Gasteiger partial charge in [-0.25, -0.2) is 9.97 Å². The van der Waals surface area contributed by atoms with Crippen molar-refractivity contribution in [2.24, 2.45) is 5.10 Å². The smallest absolute Gasteiger partial charge is 0.257 e. The predicted molar refractivity (Wildman–Crippen MR) is 119 cm³/mol. The normalized spacial score (nSPS) is 11.5. The van der Waals surface area contributed by atoms with Gasteiger partial charge in [0.05, 0.1) is 23.5 Å². The number of anilines is 1. The summed E-state index contributed by atoms with van der Waals surface area (Å²) in [6.07, 6.45) is 3.06. The number of carbonyl (C=O) groups is 1. The third kappa shape index (κ3) is 3.51. The SMILES string of the molecule is Nc1c(C(=O)NCc2ccccc2)c2nc3ccccc3nc2n1/N=C/c1ccco1. The summed E-state index contributed by atoms with van der Waals surface area (Å²) >= 11 is 0. The highest BCUT2D eigenvalue weighted by molar-refractivity contribution is 6.10. The van der Waals surface area contributed by atoms with Crippen molar-refractivity contribution in [3.8, 4) is 0 Å². The van der Waals surface area contributed by atoms with Gasteiger partial charge in [0.1, 0.15) is 22.7 Å². The van der Waals surface area contributed by atoms with Gasteiger partial charge in [0, 0.05) is 6.54 Å². The van der Waals surface area contributed by atoms with Crippen molar-refractivity contribution in [2.75, 3.05) is 5.73 Å². The third-order valence-electron chi connectivity index (χ3n) is 4.84. The van der Waals surface area contributed by atoms with E-state index in [-0.39, 0.29) is 17.3 Å². The maximum Gasteiger partial charge on any atom is 0.257 e. The third-order valence-corrected chi connectivity index (χ3v) is 4.84. The average Bonchev–Trinajstić information content (AvgIpc) is 3.41. The number of para-hydroxylation sites is 2. The zero-order chi connectivity index (χ0) is 21.2. The fourth-order valence-electron chi connectivity index (χ4n) is 3.33. The first-order chi connectivity index (χ1) is 15.2. The van der Waals surface area contributed by atoms with E-state index in [0.29, 0.717) is 34.5 Å². The Balaban J connectivity index is 1.61. The number of aromatic nitrogens is 3. The van der Waals surface area contributed by atoms with Crippen molar-refractivity contribution in [3.63, 3.8) is 0 Å². The van der Waals surface area contributed by atoms with E-state index in [1.165, 1.54) is 10.9 Å². The number of furan rings is 1. The summed E-state index contributed by atoms with van der Waals surface area (Å²) in [4.78, 5) is 22.4. The fraction of sp³-hybridized carbons (Fsp3) is 0.0435. The van der Waals surface area contributed by atoms with E-state index in [2.05, 4.69) is 20.4 Å². The molecule has 8 nitrogen and oxygen atoms in total. The molecule has 0 unspecified atom stereocenters. The molecule has 3 aromatic heterocycles. The van der Waals surface area contributed by atoms with E-state index >= 15 is 0 Å². The minimum atomic E-state index is -0.345. The maximum atomic E-state index is 13.1. The number of nitrogens with two attached hydrogens (primary N) is 1. The second kappa shape index (κ2) is 7.75. The molecule has 0 fully saturated rings. The summed E-state index contributed by atoms with van der Waals surface area (Å²) < 4.78 is 6.71. The minimum Gasteiger partial charge on any atom is -0.463 e. The van der Waals surface area contributed by atoms with E-state index < -0.39 is 0 Å². The number of nitrogen functional groups attached to an aromatic ring is 1. The molecule has 0 aliphatic carbocycles. The van der Waals surface area contributed by atoms with Crippen LogP contribution in [-0.4, -0.2) is 26.8 Å². The Bertz CT molecular complexity index is 1400. The van der Waals surface area contributed by atoms with Gasteiger partial charge in [-0.2, -0.15) is 9.78 Å². The molecule has 5 rings (SSSR count). The van der Waals surface area contributed by atoms with Crippen molar-refractivity contribution in [2.45, 2.75) is 6.54 Å². The quantitative estimate of drug-likeness (QED) is 0.430. The monoisotopic (exact) mass is 410 g/mol. The lowest BCUT2D eigenvalue weighted by Gasteiger charge is -2.05. The summed E-state index contributed by atoms with van der Waals surface area (Å²) in [5, 5.41) is 7.30. The van der Waals surface area contributed by atoms with Crippen LogP contribution >= 0.6 is 0 Å². The topological polar surface area (TPSA) is 111 Å². The molecule has 152 valence electrons. The predicted octanol–water partition coefficient (Wildman–Crippen LogP) is 3.57. The number of amides is 1. The summed E-state index contributed by atoms with van der Waals surface area (Å²) in [7, 11) is 0. The van der Waals surface area contributed by atoms with Gasteiger partial charge < -0.3 is 15.5 Å². The van der Waals surface area contributed by atoms with Gasteiger partial charge in [0.15, 0.2) is 5.65 Å². The first-order valence-corrected chi connectivity index (χ1v) is 9.67. The Morgan fingerprint density at radius 3 is 2.52 bits per heavy atom. The van der Waals surface area contributed by atoms with E-state index in [1.54, 1.807) is 18.4 Å². The van der Waals surface area contributed by atoms with Crippen LogP contribution in [0.2, 0.25) is 0 Å². The number of benzene rings is 2. The molecular weight excluding hydrogens is 392 g/mol. The van der Waals surface area contributed by atoms with Crippen LogP contribution < -0.4 is 11.1 Å². The lowest BCUT2D eigenvalue weighted by atomic mass is 10.2. The van der Waals surface area contributed by atoms with Gasteiger partial charge in [-0.3, -0.25) is 4.79 Å². The highest BCUT2D eigenvalue weighted by Gasteiger charge is 2.24. The molecule has 3 heterocycles. The minimum absolute atomic E-state index is 0.152. The molecular formula is C23H18N6O2. The van der Waals surface area contributed by atoms with Crippen LogP contribution in [0.3, 0.4) is 0 Å². The van der Waals surface area contributed by atoms with Gasteiger partial charge in [-0.1, -0.05) is 42.5 Å². The zero-order valence-electron chi connectivity index (χ0n) is 16.4. The van der Waals surface area contributed by atoms with Gasteiger partial charge in [0.25, 0.3) is 5.91 Å². The molecule has 5 aromatic rings. The first kappa shape index (κ1) is 18.6. The number of rotatable bonds is 5. The maximum absolute atomic E-state index is 13.1. The molecule has 0 spiro atoms. The molecule has 0 saturated heterocycles. The van der Waals surface area contributed by atoms with Crippen LogP contribution in [0.4, 0.5) is 5.82 Å². The molecule has 31 heavy (non-hydrogen) atoms. The summed E-state index contributed by atoms with van der Waals surface area (Å²) in [6, 6.07) is 20.6. The van der Waals surface area contributed by atoms with E-state index in [9.17, 15) is 4.79 Å². The van der Waals surface area contributed by atoms with Crippen molar-refractivity contribution >= 4 is 40.1 Å². The molecule has 3 N–H and O–H groups in total. The highest BCUT2D eigenvalue weighted by Crippen LogP contribution is 2.27. The van der Waals surface area contributed by atoms with Gasteiger partial charge >= 0.3 is 0 Å². The molecule has 8 heteroatoms. The average molecular weight is 410 g/mol. The molecule has 0 bridgehead atoms. The van der Waals surface area contributed by atoms with Crippen LogP contribution in [0.15, 0.2) is 82.5 Å². The van der Waals surface area contributed by atoms with Gasteiger partial charge in [-0.05, 0) is 29.8 Å². The molecule has 0 saturated carbocycles. The van der Waals surface area contributed by atoms with Crippen molar-refractivity contribution in [1.82, 2.24) is 20.0 Å². The van der Waals surface area contributed by atoms with E-state index in [4.69, 9.17) is 10.2 Å². The van der Waals surface area contributed by atoms with Crippen LogP contribution in [0.25, 0.3) is 22.2 Å². The Hall–Kier alpha value is -4.46. The van der Waals surface area contributed by atoms with Gasteiger partial charge in [0.2, 0.25) is 0 Å². The Kier molecular flexibility index (Phi) is 4.64. The standard InChI is InChI=1S/C23H18N6O2/c24-21-19(23(30)25-13-15-7-2-1-3-8-15)20-22(28-18-11-5-4-10-17(18)27-20)29(21)26-14-16-9-6-12-31-16/h1-12,14H,13,24H2,(H,25,30)/b26-14+. The largest absolute Gasteiger partial charge is 0.463 e. The molecule has 0 aliphatic heterocycles. The molecule has 0 aliphatic rings. The number of hydrogen-bond donors (Lipinski definition) is 2. The number of nitrogens with zero attached hydrogens (tertiary/aromatic N) is 4. The molecule has 2 aromatic carbocycles. The van der Waals surface area contributed by atoms with Crippen molar-refractivity contribution in [3.05, 3.63) is 89.9 Å². The number of fused-ring (bicyclic) bond motifs is 2. The molecule has 0 radical (unpaired) electrons. The highest BCUT2D eigenvalue weighted by atomic mass is 16.3. The second-order valence-electron chi connectivity index (χ2n) is 6.88. The first-order valence-electron chi connectivity index (χ1n) is 9.67. The fourth-order valence-corrected chi connectivity index (χ4v) is 3.33. The van der Waals surface area contributed by atoms with Gasteiger partial charge in [-0.15, -0.1) is 0 Å². The number of carbonyl (C=O) groups excluding carboxylic acids is 1. The van der Waals surface area contributed by atoms with E-state index in [0.717, 1.165) is 5.56 Å². The zero-order valence-corrected chi connectivity index (χ0v) is 16.4. The number of nitrogens with one attached hydrogen (secondary N) is 1. The van der Waals surface area contributed by atoms with Crippen LogP contribution in [0.5, 0.6) is 0 Å². The summed E-state index contributed by atoms with van der Waals surface area (Å²) in [5.74, 6) is 0.353. The Morgan fingerprint density at radius 2 is 1.77 bits per heavy atom. The van der Waals surface area contributed by atoms with Crippen LogP contribution in [0, 0.1) is 0 Å². The number of hydrogen-bond acceptors (Lipinski definition) is 6. The molecule has 0 atom stereocenters. The van der Waals surface area contributed by atoms with Crippen molar-refractivity contribution in [1.29, 1.82) is 0 Å². The van der Waals surface area contributed by atoms with E-state index in [1.807, 2.05) is 54.6 Å². The summed E-state index contributed by atoms with van der Waals surface area (Å²) in [5.41, 5.74) is 9.70.